The average molecular weight is 362 g/mol. The second kappa shape index (κ2) is 6.72. The van der Waals surface area contributed by atoms with Crippen molar-refractivity contribution in [2.75, 3.05) is 17.4 Å². The van der Waals surface area contributed by atoms with Crippen LogP contribution in [-0.2, 0) is 19.6 Å². The second-order valence-corrected chi connectivity index (χ2v) is 7.67. The third-order valence-corrected chi connectivity index (χ3v) is 5.91. The van der Waals surface area contributed by atoms with Gasteiger partial charge in [-0.25, -0.2) is 8.42 Å². The number of carbonyl (C=O) groups is 2. The molecule has 1 aliphatic rings. The van der Waals surface area contributed by atoms with Crippen molar-refractivity contribution >= 4 is 38.4 Å². The fourth-order valence-corrected chi connectivity index (χ4v) is 4.61. The Morgan fingerprint density at radius 1 is 1.08 bits per heavy atom. The predicted octanol–water partition coefficient (Wildman–Crippen LogP) is 1.72. The van der Waals surface area contributed by atoms with Gasteiger partial charge in [0.15, 0.2) is 0 Å². The SMILES string of the molecule is O=C(O)CCCCNC(=O)CN1c2cccc3cccc(c23)S1(=O)=O. The van der Waals surface area contributed by atoms with Crippen molar-refractivity contribution in [3.05, 3.63) is 36.4 Å². The summed E-state index contributed by atoms with van der Waals surface area (Å²) in [4.78, 5) is 22.8. The highest BCUT2D eigenvalue weighted by Gasteiger charge is 2.36. The first-order valence-electron chi connectivity index (χ1n) is 7.94. The number of sulfonamides is 1. The Kier molecular flexibility index (Phi) is 4.63. The van der Waals surface area contributed by atoms with Crippen LogP contribution in [0.4, 0.5) is 5.69 Å². The topological polar surface area (TPSA) is 104 Å². The molecule has 132 valence electrons. The molecule has 0 bridgehead atoms. The van der Waals surface area contributed by atoms with E-state index in [-0.39, 0.29) is 17.9 Å². The van der Waals surface area contributed by atoms with E-state index in [1.54, 1.807) is 24.3 Å². The van der Waals surface area contributed by atoms with Gasteiger partial charge < -0.3 is 10.4 Å². The van der Waals surface area contributed by atoms with Gasteiger partial charge in [0.05, 0.1) is 10.6 Å². The van der Waals surface area contributed by atoms with Gasteiger partial charge in [-0.15, -0.1) is 0 Å². The number of amides is 1. The highest BCUT2D eigenvalue weighted by molar-refractivity contribution is 7.93. The smallest absolute Gasteiger partial charge is 0.303 e. The molecule has 0 saturated carbocycles. The normalized spacial score (nSPS) is 14.6. The first-order valence-corrected chi connectivity index (χ1v) is 9.38. The first-order chi connectivity index (χ1) is 11.9. The lowest BCUT2D eigenvalue weighted by atomic mass is 10.1. The van der Waals surface area contributed by atoms with E-state index in [1.165, 1.54) is 0 Å². The minimum absolute atomic E-state index is 0.0493. The molecule has 0 radical (unpaired) electrons. The van der Waals surface area contributed by atoms with E-state index in [0.717, 1.165) is 9.69 Å². The van der Waals surface area contributed by atoms with E-state index >= 15 is 0 Å². The summed E-state index contributed by atoms with van der Waals surface area (Å²) in [6, 6.07) is 10.4. The molecule has 0 aliphatic carbocycles. The molecule has 0 unspecified atom stereocenters. The second-order valence-electron chi connectivity index (χ2n) is 5.84. The monoisotopic (exact) mass is 362 g/mol. The largest absolute Gasteiger partial charge is 0.481 e. The maximum Gasteiger partial charge on any atom is 0.303 e. The number of unbranched alkanes of at least 4 members (excludes halogenated alkanes) is 1. The van der Waals surface area contributed by atoms with Crippen LogP contribution in [0.15, 0.2) is 41.3 Å². The summed E-state index contributed by atoms with van der Waals surface area (Å²) >= 11 is 0. The van der Waals surface area contributed by atoms with Gasteiger partial charge in [0.1, 0.15) is 6.54 Å². The Morgan fingerprint density at radius 2 is 1.80 bits per heavy atom. The van der Waals surface area contributed by atoms with Crippen LogP contribution in [0.1, 0.15) is 19.3 Å². The third kappa shape index (κ3) is 3.30. The quantitative estimate of drug-likeness (QED) is 0.730. The molecule has 0 saturated heterocycles. The molecular weight excluding hydrogens is 344 g/mol. The van der Waals surface area contributed by atoms with Gasteiger partial charge in [-0.1, -0.05) is 24.3 Å². The van der Waals surface area contributed by atoms with Crippen LogP contribution in [0.2, 0.25) is 0 Å². The summed E-state index contributed by atoms with van der Waals surface area (Å²) in [6.45, 7) is 0.0200. The number of hydrogen-bond donors (Lipinski definition) is 2. The molecule has 1 aliphatic heterocycles. The van der Waals surface area contributed by atoms with E-state index in [4.69, 9.17) is 5.11 Å². The predicted molar refractivity (Wildman–Crippen MR) is 93.0 cm³/mol. The molecule has 2 aromatic carbocycles. The van der Waals surface area contributed by atoms with Crippen molar-refractivity contribution in [1.29, 1.82) is 0 Å². The van der Waals surface area contributed by atoms with Crippen molar-refractivity contribution in [2.45, 2.75) is 24.2 Å². The Balaban J connectivity index is 1.71. The van der Waals surface area contributed by atoms with Crippen LogP contribution in [0.3, 0.4) is 0 Å². The van der Waals surface area contributed by atoms with Crippen LogP contribution >= 0.6 is 0 Å². The number of hydrogen-bond acceptors (Lipinski definition) is 4. The van der Waals surface area contributed by atoms with E-state index in [1.807, 2.05) is 12.1 Å². The zero-order valence-electron chi connectivity index (χ0n) is 13.4. The molecule has 7 nitrogen and oxygen atoms in total. The number of nitrogens with zero attached hydrogens (tertiary/aromatic N) is 1. The summed E-state index contributed by atoms with van der Waals surface area (Å²) in [6.07, 6.45) is 1.04. The van der Waals surface area contributed by atoms with E-state index < -0.39 is 21.9 Å². The van der Waals surface area contributed by atoms with Crippen molar-refractivity contribution in [2.24, 2.45) is 0 Å². The molecule has 1 heterocycles. The van der Waals surface area contributed by atoms with Crippen LogP contribution < -0.4 is 9.62 Å². The number of nitrogens with one attached hydrogen (secondary N) is 1. The van der Waals surface area contributed by atoms with Crippen LogP contribution in [-0.4, -0.2) is 38.5 Å². The molecular formula is C17H18N2O5S. The summed E-state index contributed by atoms with van der Waals surface area (Å²) in [5, 5.41) is 12.7. The zero-order valence-corrected chi connectivity index (χ0v) is 14.3. The number of benzene rings is 2. The molecule has 2 aromatic rings. The van der Waals surface area contributed by atoms with Gasteiger partial charge in [-0.2, -0.15) is 0 Å². The zero-order chi connectivity index (χ0) is 18.0. The third-order valence-electron chi connectivity index (χ3n) is 4.11. The van der Waals surface area contributed by atoms with E-state index in [2.05, 4.69) is 5.32 Å². The Hall–Kier alpha value is -2.61. The minimum Gasteiger partial charge on any atom is -0.481 e. The molecule has 25 heavy (non-hydrogen) atoms. The maximum absolute atomic E-state index is 12.7. The molecule has 0 aromatic heterocycles. The Morgan fingerprint density at radius 3 is 2.52 bits per heavy atom. The van der Waals surface area contributed by atoms with Gasteiger partial charge in [-0.05, 0) is 30.4 Å². The lowest BCUT2D eigenvalue weighted by Gasteiger charge is -2.18. The van der Waals surface area contributed by atoms with Gasteiger partial charge in [-0.3, -0.25) is 13.9 Å². The number of rotatable bonds is 7. The number of anilines is 1. The molecule has 0 spiro atoms. The van der Waals surface area contributed by atoms with Crippen molar-refractivity contribution < 1.29 is 23.1 Å². The van der Waals surface area contributed by atoms with Gasteiger partial charge in [0, 0.05) is 18.4 Å². The molecule has 2 N–H and O–H groups in total. The Labute approximate surface area is 145 Å². The summed E-state index contributed by atoms with van der Waals surface area (Å²) < 4.78 is 26.6. The van der Waals surface area contributed by atoms with E-state index in [0.29, 0.717) is 30.5 Å². The van der Waals surface area contributed by atoms with Crippen molar-refractivity contribution in [1.82, 2.24) is 5.32 Å². The summed E-state index contributed by atoms with van der Waals surface area (Å²) in [7, 11) is -3.75. The number of aliphatic carboxylic acids is 1. The van der Waals surface area contributed by atoms with Crippen molar-refractivity contribution in [3.63, 3.8) is 0 Å². The molecule has 3 rings (SSSR count). The van der Waals surface area contributed by atoms with Crippen LogP contribution in [0.5, 0.6) is 0 Å². The average Bonchev–Trinajstić information content (AvgIpc) is 2.78. The molecule has 1 amide bonds. The Bertz CT molecular complexity index is 934. The van der Waals surface area contributed by atoms with Crippen molar-refractivity contribution in [3.8, 4) is 0 Å². The highest BCUT2D eigenvalue weighted by atomic mass is 32.2. The number of carboxylic acid groups (broad SMARTS) is 1. The lowest BCUT2D eigenvalue weighted by molar-refractivity contribution is -0.137. The highest BCUT2D eigenvalue weighted by Crippen LogP contribution is 2.41. The van der Waals surface area contributed by atoms with E-state index in [9.17, 15) is 18.0 Å². The molecule has 8 heteroatoms. The number of carboxylic acids is 1. The molecule has 0 fully saturated rings. The maximum atomic E-state index is 12.7. The summed E-state index contributed by atoms with van der Waals surface area (Å²) in [5.41, 5.74) is 0.508. The fraction of sp³-hybridized carbons (Fsp3) is 0.294. The number of carbonyl (C=O) groups excluding carboxylic acids is 1. The molecule has 0 atom stereocenters. The lowest BCUT2D eigenvalue weighted by Crippen LogP contribution is -2.39. The van der Waals surface area contributed by atoms with Gasteiger partial charge in [0.25, 0.3) is 10.0 Å². The summed E-state index contributed by atoms with van der Waals surface area (Å²) in [5.74, 6) is -1.29. The minimum atomic E-state index is -3.75. The van der Waals surface area contributed by atoms with Gasteiger partial charge in [0.2, 0.25) is 5.91 Å². The standard InChI is InChI=1S/C17H18N2O5S/c20-15(18-10-2-1-9-16(21)22)11-19-13-7-3-5-12-6-4-8-14(17(12)13)25(19,23)24/h3-8H,1-2,9-11H2,(H,18,20)(H,21,22). The first kappa shape index (κ1) is 17.2. The van der Waals surface area contributed by atoms with Crippen LogP contribution in [0, 0.1) is 0 Å². The van der Waals surface area contributed by atoms with Gasteiger partial charge >= 0.3 is 5.97 Å². The van der Waals surface area contributed by atoms with Crippen LogP contribution in [0.25, 0.3) is 10.8 Å². The fourth-order valence-electron chi connectivity index (χ4n) is 2.94.